The molecule has 0 amide bonds. The van der Waals surface area contributed by atoms with E-state index in [4.69, 9.17) is 4.74 Å². The Morgan fingerprint density at radius 1 is 1.12 bits per heavy atom. The second-order valence-corrected chi connectivity index (χ2v) is 5.72. The average Bonchev–Trinajstić information content (AvgIpc) is 2.70. The zero-order valence-corrected chi connectivity index (χ0v) is 10.7. The number of hydrogen-bond donors (Lipinski definition) is 0. The summed E-state index contributed by atoms with van der Waals surface area (Å²) in [5, 5.41) is 0. The number of carbonyl (C=O) groups excluding carboxylic acids is 1. The maximum absolute atomic E-state index is 11.5. The van der Waals surface area contributed by atoms with Crippen LogP contribution in [0.5, 0.6) is 0 Å². The largest absolute Gasteiger partial charge is 0.456 e. The van der Waals surface area contributed by atoms with Crippen LogP contribution in [0.15, 0.2) is 12.7 Å². The summed E-state index contributed by atoms with van der Waals surface area (Å²) < 4.78 is 5.69. The van der Waals surface area contributed by atoms with Gasteiger partial charge in [0.2, 0.25) is 0 Å². The molecule has 0 aromatic carbocycles. The predicted molar refractivity (Wildman–Crippen MR) is 68.7 cm³/mol. The zero-order valence-electron chi connectivity index (χ0n) is 10.7. The molecule has 2 aliphatic rings. The summed E-state index contributed by atoms with van der Waals surface area (Å²) in [5.74, 6) is 0.549. The third-order valence-electron chi connectivity index (χ3n) is 4.40. The summed E-state index contributed by atoms with van der Waals surface area (Å²) in [5.41, 5.74) is -0.146. The highest BCUT2D eigenvalue weighted by Gasteiger charge is 2.41. The Balaban J connectivity index is 2.01. The quantitative estimate of drug-likeness (QED) is 0.535. The number of ether oxygens (including phenoxy) is 1. The molecular formula is C15H24O2. The summed E-state index contributed by atoms with van der Waals surface area (Å²) in [6, 6.07) is 0. The molecule has 0 N–H and O–H groups in total. The van der Waals surface area contributed by atoms with Gasteiger partial charge < -0.3 is 4.74 Å². The van der Waals surface area contributed by atoms with E-state index in [1.807, 2.05) is 0 Å². The second-order valence-electron chi connectivity index (χ2n) is 5.72. The molecular weight excluding hydrogens is 212 g/mol. The van der Waals surface area contributed by atoms with Crippen LogP contribution in [0.25, 0.3) is 0 Å². The van der Waals surface area contributed by atoms with E-state index in [0.717, 1.165) is 25.2 Å². The van der Waals surface area contributed by atoms with E-state index < -0.39 is 0 Å². The minimum atomic E-state index is -0.234. The van der Waals surface area contributed by atoms with Crippen molar-refractivity contribution in [1.82, 2.24) is 0 Å². The highest BCUT2D eigenvalue weighted by molar-refractivity contribution is 5.81. The van der Waals surface area contributed by atoms with E-state index in [1.165, 1.54) is 51.0 Å². The van der Waals surface area contributed by atoms with Crippen LogP contribution in [0, 0.1) is 5.92 Å². The van der Waals surface area contributed by atoms with Gasteiger partial charge in [0, 0.05) is 6.08 Å². The van der Waals surface area contributed by atoms with Gasteiger partial charge in [0.25, 0.3) is 0 Å². The lowest BCUT2D eigenvalue weighted by Gasteiger charge is -2.30. The maximum Gasteiger partial charge on any atom is 0.330 e. The lowest BCUT2D eigenvalue weighted by Crippen LogP contribution is -2.32. The molecule has 0 heterocycles. The van der Waals surface area contributed by atoms with E-state index in [9.17, 15) is 4.79 Å². The lowest BCUT2D eigenvalue weighted by atomic mass is 9.89. The number of esters is 1. The normalized spacial score (nSPS) is 34.0. The molecule has 2 bridgehead atoms. The minimum absolute atomic E-state index is 0.146. The lowest BCUT2D eigenvalue weighted by molar-refractivity contribution is -0.154. The molecule has 0 spiro atoms. The first-order valence-electron chi connectivity index (χ1n) is 7.09. The Kier molecular flexibility index (Phi) is 4.25. The Morgan fingerprint density at radius 3 is 2.71 bits per heavy atom. The molecule has 0 aliphatic heterocycles. The zero-order chi connectivity index (χ0) is 12.1. The molecule has 2 unspecified atom stereocenters. The Hall–Kier alpha value is -0.790. The standard InChI is InChI=1S/C15H24O2/c1-2-14(16)17-15-10-7-5-3-4-6-8-13(12-15)9-11-15/h2,13H,1,3-12H2. The van der Waals surface area contributed by atoms with Crippen molar-refractivity contribution in [1.29, 1.82) is 0 Å². The van der Waals surface area contributed by atoms with E-state index in [-0.39, 0.29) is 11.6 Å². The summed E-state index contributed by atoms with van der Waals surface area (Å²) in [4.78, 5) is 11.5. The molecule has 2 nitrogen and oxygen atoms in total. The Bertz CT molecular complexity index is 285. The number of rotatable bonds is 2. The van der Waals surface area contributed by atoms with Crippen LogP contribution >= 0.6 is 0 Å². The Labute approximate surface area is 104 Å². The monoisotopic (exact) mass is 236 g/mol. The van der Waals surface area contributed by atoms with Crippen LogP contribution < -0.4 is 0 Å². The van der Waals surface area contributed by atoms with E-state index in [1.54, 1.807) is 0 Å². The van der Waals surface area contributed by atoms with E-state index in [2.05, 4.69) is 6.58 Å². The smallest absolute Gasteiger partial charge is 0.330 e. The molecule has 2 aliphatic carbocycles. The van der Waals surface area contributed by atoms with Crippen molar-refractivity contribution in [2.75, 3.05) is 0 Å². The third kappa shape index (κ3) is 3.34. The van der Waals surface area contributed by atoms with Crippen molar-refractivity contribution in [2.24, 2.45) is 5.92 Å². The number of carbonyl (C=O) groups is 1. The summed E-state index contributed by atoms with van der Waals surface area (Å²) in [7, 11) is 0. The Morgan fingerprint density at radius 2 is 1.88 bits per heavy atom. The van der Waals surface area contributed by atoms with Gasteiger partial charge in [-0.2, -0.15) is 0 Å². The van der Waals surface area contributed by atoms with Gasteiger partial charge in [-0.15, -0.1) is 0 Å². The first-order chi connectivity index (χ1) is 8.24. The molecule has 2 saturated carbocycles. The highest BCUT2D eigenvalue weighted by Crippen LogP contribution is 2.44. The second kappa shape index (κ2) is 5.70. The van der Waals surface area contributed by atoms with Gasteiger partial charge in [-0.25, -0.2) is 4.79 Å². The van der Waals surface area contributed by atoms with Crippen molar-refractivity contribution in [3.05, 3.63) is 12.7 Å². The first kappa shape index (κ1) is 12.7. The number of fused-ring (bicyclic) bond motifs is 2. The summed E-state index contributed by atoms with van der Waals surface area (Å²) >= 11 is 0. The van der Waals surface area contributed by atoms with Crippen molar-refractivity contribution in [2.45, 2.75) is 69.8 Å². The van der Waals surface area contributed by atoms with Crippen LogP contribution in [0.3, 0.4) is 0 Å². The average molecular weight is 236 g/mol. The van der Waals surface area contributed by atoms with Gasteiger partial charge >= 0.3 is 5.97 Å². The van der Waals surface area contributed by atoms with Gasteiger partial charge in [0.1, 0.15) is 5.60 Å². The van der Waals surface area contributed by atoms with Gasteiger partial charge in [-0.3, -0.25) is 0 Å². The molecule has 2 atom stereocenters. The predicted octanol–water partition coefficient (Wildman–Crippen LogP) is 4.00. The maximum atomic E-state index is 11.5. The third-order valence-corrected chi connectivity index (χ3v) is 4.40. The molecule has 0 aromatic heterocycles. The van der Waals surface area contributed by atoms with E-state index in [0.29, 0.717) is 0 Å². The fourth-order valence-electron chi connectivity index (χ4n) is 3.48. The molecule has 2 fully saturated rings. The molecule has 17 heavy (non-hydrogen) atoms. The van der Waals surface area contributed by atoms with Crippen LogP contribution in [0.1, 0.15) is 64.2 Å². The topological polar surface area (TPSA) is 26.3 Å². The van der Waals surface area contributed by atoms with Crippen LogP contribution in [0.4, 0.5) is 0 Å². The summed E-state index contributed by atoms with van der Waals surface area (Å²) in [6.45, 7) is 3.51. The first-order valence-corrected chi connectivity index (χ1v) is 7.09. The van der Waals surface area contributed by atoms with Gasteiger partial charge in [-0.1, -0.05) is 38.7 Å². The fraction of sp³-hybridized carbons (Fsp3) is 0.800. The molecule has 2 rings (SSSR count). The van der Waals surface area contributed by atoms with Gasteiger partial charge in [0.15, 0.2) is 0 Å². The van der Waals surface area contributed by atoms with Crippen LogP contribution in [-0.4, -0.2) is 11.6 Å². The van der Waals surface area contributed by atoms with Crippen molar-refractivity contribution in [3.63, 3.8) is 0 Å². The van der Waals surface area contributed by atoms with E-state index >= 15 is 0 Å². The minimum Gasteiger partial charge on any atom is -0.456 e. The van der Waals surface area contributed by atoms with Crippen molar-refractivity contribution >= 4 is 5.97 Å². The van der Waals surface area contributed by atoms with Gasteiger partial charge in [0.05, 0.1) is 0 Å². The van der Waals surface area contributed by atoms with Gasteiger partial charge in [-0.05, 0) is 38.0 Å². The summed E-state index contributed by atoms with van der Waals surface area (Å²) in [6.07, 6.45) is 13.7. The van der Waals surface area contributed by atoms with Crippen molar-refractivity contribution < 1.29 is 9.53 Å². The van der Waals surface area contributed by atoms with Crippen LogP contribution in [-0.2, 0) is 9.53 Å². The molecule has 0 saturated heterocycles. The molecule has 0 aromatic rings. The molecule has 2 heteroatoms. The van der Waals surface area contributed by atoms with Crippen molar-refractivity contribution in [3.8, 4) is 0 Å². The highest BCUT2D eigenvalue weighted by atomic mass is 16.6. The molecule has 96 valence electrons. The fourth-order valence-corrected chi connectivity index (χ4v) is 3.48. The van der Waals surface area contributed by atoms with Crippen LogP contribution in [0.2, 0.25) is 0 Å². The molecule has 0 radical (unpaired) electrons. The SMILES string of the molecule is C=CC(=O)OC12CCCCCCCC(CC1)C2. The number of hydrogen-bond acceptors (Lipinski definition) is 2.